The van der Waals surface area contributed by atoms with E-state index in [2.05, 4.69) is 40.1 Å². The van der Waals surface area contributed by atoms with Gasteiger partial charge in [-0.15, -0.1) is 0 Å². The van der Waals surface area contributed by atoms with Gasteiger partial charge in [-0.2, -0.15) is 5.10 Å². The van der Waals surface area contributed by atoms with E-state index in [0.29, 0.717) is 5.92 Å². The van der Waals surface area contributed by atoms with Gasteiger partial charge in [-0.1, -0.05) is 46.6 Å². The van der Waals surface area contributed by atoms with Crippen LogP contribution in [0.1, 0.15) is 29.8 Å². The summed E-state index contributed by atoms with van der Waals surface area (Å²) in [5.41, 5.74) is 3.68. The van der Waals surface area contributed by atoms with Crippen LogP contribution in [0.4, 0.5) is 0 Å². The Morgan fingerprint density at radius 2 is 2.16 bits per heavy atom. The van der Waals surface area contributed by atoms with Gasteiger partial charge in [-0.25, -0.2) is 0 Å². The molecule has 4 heteroatoms. The molecule has 0 amide bonds. The van der Waals surface area contributed by atoms with Crippen molar-refractivity contribution in [3.8, 4) is 0 Å². The lowest BCUT2D eigenvalue weighted by atomic mass is 9.96. The highest BCUT2D eigenvalue weighted by atomic mass is 79.9. The van der Waals surface area contributed by atoms with E-state index in [1.54, 1.807) is 0 Å². The van der Waals surface area contributed by atoms with Gasteiger partial charge in [0.15, 0.2) is 0 Å². The van der Waals surface area contributed by atoms with Crippen molar-refractivity contribution in [2.24, 2.45) is 7.05 Å². The minimum Gasteiger partial charge on any atom is -0.272 e. The molecule has 0 N–H and O–H groups in total. The summed E-state index contributed by atoms with van der Waals surface area (Å²) in [6, 6.07) is 10.3. The van der Waals surface area contributed by atoms with E-state index in [1.165, 1.54) is 11.3 Å². The quantitative estimate of drug-likeness (QED) is 0.739. The molecule has 2 nitrogen and oxygen atoms in total. The molecule has 1 aromatic carbocycles. The summed E-state index contributed by atoms with van der Waals surface area (Å²) in [5.74, 6) is 0.416. The standard InChI is InChI=1S/C15H18BrClN2/c1-3-14-9-15(19(2)18-14)8-12(10-16)11-5-4-6-13(17)7-11/h4-7,9,12H,3,8,10H2,1-2H3. The van der Waals surface area contributed by atoms with Crippen LogP contribution in [0.25, 0.3) is 0 Å². The zero-order chi connectivity index (χ0) is 13.8. The molecular formula is C15H18BrClN2. The second-order valence-corrected chi connectivity index (χ2v) is 5.80. The molecule has 0 saturated heterocycles. The number of halogens is 2. The van der Waals surface area contributed by atoms with Crippen LogP contribution in [0.2, 0.25) is 5.02 Å². The molecule has 0 fully saturated rings. The summed E-state index contributed by atoms with van der Waals surface area (Å²) in [6.45, 7) is 2.13. The number of hydrogen-bond acceptors (Lipinski definition) is 1. The highest BCUT2D eigenvalue weighted by Crippen LogP contribution is 2.25. The molecule has 0 aliphatic rings. The SMILES string of the molecule is CCc1cc(CC(CBr)c2cccc(Cl)c2)n(C)n1. The molecule has 1 atom stereocenters. The number of hydrogen-bond donors (Lipinski definition) is 0. The van der Waals surface area contributed by atoms with Gasteiger partial charge in [0.25, 0.3) is 0 Å². The number of rotatable bonds is 5. The first kappa shape index (κ1) is 14.6. The van der Waals surface area contributed by atoms with E-state index in [0.717, 1.165) is 28.9 Å². The molecule has 0 spiro atoms. The van der Waals surface area contributed by atoms with Gasteiger partial charge >= 0.3 is 0 Å². The van der Waals surface area contributed by atoms with Gasteiger partial charge in [0.2, 0.25) is 0 Å². The summed E-state index contributed by atoms with van der Waals surface area (Å²) < 4.78 is 1.99. The average molecular weight is 342 g/mol. The third-order valence-corrected chi connectivity index (χ3v) is 4.37. The van der Waals surface area contributed by atoms with E-state index in [1.807, 2.05) is 29.9 Å². The van der Waals surface area contributed by atoms with Crippen LogP contribution in [0.5, 0.6) is 0 Å². The Labute approximate surface area is 127 Å². The topological polar surface area (TPSA) is 17.8 Å². The third kappa shape index (κ3) is 3.61. The Morgan fingerprint density at radius 1 is 1.37 bits per heavy atom. The molecule has 1 heterocycles. The second-order valence-electron chi connectivity index (χ2n) is 4.71. The van der Waals surface area contributed by atoms with Gasteiger partial charge in [-0.05, 0) is 42.5 Å². The Kier molecular flexibility index (Phi) is 5.06. The monoisotopic (exact) mass is 340 g/mol. The molecule has 2 aromatic rings. The van der Waals surface area contributed by atoms with Gasteiger partial charge in [0.1, 0.15) is 0 Å². The molecule has 1 aromatic heterocycles. The van der Waals surface area contributed by atoms with Gasteiger partial charge in [0, 0.05) is 23.1 Å². The van der Waals surface area contributed by atoms with Crippen LogP contribution in [0.15, 0.2) is 30.3 Å². The van der Waals surface area contributed by atoms with Crippen molar-refractivity contribution < 1.29 is 0 Å². The zero-order valence-electron chi connectivity index (χ0n) is 11.2. The summed E-state index contributed by atoms with van der Waals surface area (Å²) >= 11 is 9.68. The van der Waals surface area contributed by atoms with Crippen molar-refractivity contribution >= 4 is 27.5 Å². The van der Waals surface area contributed by atoms with Crippen LogP contribution < -0.4 is 0 Å². The summed E-state index contributed by atoms with van der Waals surface area (Å²) in [6.07, 6.45) is 1.94. The lowest BCUT2D eigenvalue weighted by Gasteiger charge is -2.14. The fourth-order valence-corrected chi connectivity index (χ4v) is 3.01. The van der Waals surface area contributed by atoms with E-state index in [9.17, 15) is 0 Å². The number of aromatic nitrogens is 2. The predicted molar refractivity (Wildman–Crippen MR) is 84.3 cm³/mol. The fourth-order valence-electron chi connectivity index (χ4n) is 2.21. The average Bonchev–Trinajstić information content (AvgIpc) is 2.76. The van der Waals surface area contributed by atoms with Gasteiger partial charge in [-0.3, -0.25) is 4.68 Å². The lowest BCUT2D eigenvalue weighted by molar-refractivity contribution is 0.658. The molecule has 2 rings (SSSR count). The highest BCUT2D eigenvalue weighted by molar-refractivity contribution is 9.09. The summed E-state index contributed by atoms with van der Waals surface area (Å²) in [4.78, 5) is 0. The number of benzene rings is 1. The maximum absolute atomic E-state index is 6.07. The Bertz CT molecular complexity index is 551. The highest BCUT2D eigenvalue weighted by Gasteiger charge is 2.14. The Hall–Kier alpha value is -0.800. The molecule has 19 heavy (non-hydrogen) atoms. The second kappa shape index (κ2) is 6.58. The molecule has 102 valence electrons. The summed E-state index contributed by atoms with van der Waals surface area (Å²) in [5, 5.41) is 6.21. The molecule has 0 saturated carbocycles. The van der Waals surface area contributed by atoms with E-state index in [4.69, 9.17) is 11.6 Å². The summed E-state index contributed by atoms with van der Waals surface area (Å²) in [7, 11) is 2.01. The number of nitrogens with zero attached hydrogens (tertiary/aromatic N) is 2. The largest absolute Gasteiger partial charge is 0.272 e. The molecule has 0 aliphatic carbocycles. The van der Waals surface area contributed by atoms with Crippen molar-refractivity contribution in [1.82, 2.24) is 9.78 Å². The molecule has 0 bridgehead atoms. The smallest absolute Gasteiger partial charge is 0.0624 e. The van der Waals surface area contributed by atoms with Crippen LogP contribution in [-0.2, 0) is 19.9 Å². The Balaban J connectivity index is 2.21. The minimum atomic E-state index is 0.416. The van der Waals surface area contributed by atoms with Gasteiger partial charge < -0.3 is 0 Å². The lowest BCUT2D eigenvalue weighted by Crippen LogP contribution is -2.08. The number of alkyl halides is 1. The fraction of sp³-hybridized carbons (Fsp3) is 0.400. The van der Waals surface area contributed by atoms with Gasteiger partial charge in [0.05, 0.1) is 5.69 Å². The van der Waals surface area contributed by atoms with E-state index >= 15 is 0 Å². The predicted octanol–water partition coefficient (Wildman–Crippen LogP) is 4.36. The zero-order valence-corrected chi connectivity index (χ0v) is 13.6. The molecule has 0 radical (unpaired) electrons. The van der Waals surface area contributed by atoms with Crippen LogP contribution >= 0.6 is 27.5 Å². The first-order valence-corrected chi connectivity index (χ1v) is 7.97. The molecule has 0 aliphatic heterocycles. The van der Waals surface area contributed by atoms with Crippen molar-refractivity contribution in [2.75, 3.05) is 5.33 Å². The van der Waals surface area contributed by atoms with Crippen LogP contribution in [0.3, 0.4) is 0 Å². The van der Waals surface area contributed by atoms with E-state index in [-0.39, 0.29) is 0 Å². The van der Waals surface area contributed by atoms with Crippen LogP contribution in [0, 0.1) is 0 Å². The van der Waals surface area contributed by atoms with Crippen molar-refractivity contribution in [1.29, 1.82) is 0 Å². The number of aryl methyl sites for hydroxylation is 2. The van der Waals surface area contributed by atoms with E-state index < -0.39 is 0 Å². The first-order chi connectivity index (χ1) is 9.13. The Morgan fingerprint density at radius 3 is 2.74 bits per heavy atom. The maximum Gasteiger partial charge on any atom is 0.0624 e. The van der Waals surface area contributed by atoms with Crippen molar-refractivity contribution in [3.05, 3.63) is 52.3 Å². The third-order valence-electron chi connectivity index (χ3n) is 3.35. The first-order valence-electron chi connectivity index (χ1n) is 6.47. The van der Waals surface area contributed by atoms with Crippen molar-refractivity contribution in [2.45, 2.75) is 25.7 Å². The normalized spacial score (nSPS) is 12.6. The minimum absolute atomic E-state index is 0.416. The molecule has 1 unspecified atom stereocenters. The molecular weight excluding hydrogens is 324 g/mol. The van der Waals surface area contributed by atoms with Crippen LogP contribution in [-0.4, -0.2) is 15.1 Å². The van der Waals surface area contributed by atoms with Crippen molar-refractivity contribution in [3.63, 3.8) is 0 Å². The maximum atomic E-state index is 6.07.